The number of thioether (sulfide) groups is 1. The molecular weight excluding hydrogens is 444 g/mol. The van der Waals surface area contributed by atoms with Crippen molar-refractivity contribution in [3.05, 3.63) is 77.1 Å². The average Bonchev–Trinajstić information content (AvgIpc) is 3.15. The first-order valence-electron chi connectivity index (χ1n) is 10.3. The van der Waals surface area contributed by atoms with E-state index in [0.717, 1.165) is 11.3 Å². The molecule has 0 unspecified atom stereocenters. The van der Waals surface area contributed by atoms with Crippen LogP contribution in [-0.2, 0) is 17.9 Å². The second kappa shape index (κ2) is 11.2. The van der Waals surface area contributed by atoms with Crippen LogP contribution in [0.5, 0.6) is 5.75 Å². The zero-order chi connectivity index (χ0) is 23.1. The van der Waals surface area contributed by atoms with Crippen molar-refractivity contribution in [3.63, 3.8) is 0 Å². The van der Waals surface area contributed by atoms with Gasteiger partial charge in [-0.05, 0) is 54.3 Å². The highest BCUT2D eigenvalue weighted by Gasteiger charge is 2.14. The molecule has 0 aliphatic heterocycles. The Morgan fingerprint density at radius 2 is 2.00 bits per heavy atom. The van der Waals surface area contributed by atoms with Gasteiger partial charge in [0, 0.05) is 17.3 Å². The van der Waals surface area contributed by atoms with Crippen LogP contribution in [0.3, 0.4) is 0 Å². The Kier molecular flexibility index (Phi) is 8.36. The molecule has 0 saturated carbocycles. The van der Waals surface area contributed by atoms with E-state index in [-0.39, 0.29) is 18.3 Å². The second-order valence-electron chi connectivity index (χ2n) is 7.61. The average molecular weight is 471 g/mol. The zero-order valence-corrected chi connectivity index (χ0v) is 20.0. The number of hydrogen-bond donors (Lipinski definition) is 1. The van der Waals surface area contributed by atoms with Crippen LogP contribution in [0.1, 0.15) is 36.7 Å². The van der Waals surface area contributed by atoms with E-state index >= 15 is 0 Å². The lowest BCUT2D eigenvalue weighted by molar-refractivity contribution is -0.113. The lowest BCUT2D eigenvalue weighted by Crippen LogP contribution is -2.15. The third-order valence-corrected chi connectivity index (χ3v) is 6.19. The maximum absolute atomic E-state index is 12.4. The molecule has 32 heavy (non-hydrogen) atoms. The maximum atomic E-state index is 12.4. The van der Waals surface area contributed by atoms with Gasteiger partial charge in [-0.1, -0.05) is 55.4 Å². The normalized spacial score (nSPS) is 10.9. The first-order valence-corrected chi connectivity index (χ1v) is 11.7. The number of rotatable bonds is 10. The van der Waals surface area contributed by atoms with E-state index in [1.807, 2.05) is 47.9 Å². The molecule has 1 amide bonds. The number of nitrogens with one attached hydrogen (secondary N) is 1. The van der Waals surface area contributed by atoms with E-state index in [9.17, 15) is 4.79 Å². The molecule has 6 nitrogen and oxygen atoms in total. The number of halogens is 1. The van der Waals surface area contributed by atoms with E-state index in [1.165, 1.54) is 17.3 Å². The number of nitrogens with zero attached hydrogens (tertiary/aromatic N) is 3. The minimum absolute atomic E-state index is 0.102. The summed E-state index contributed by atoms with van der Waals surface area (Å²) in [6.45, 7) is 10.8. The molecule has 0 fully saturated rings. The fraction of sp³-hybridized carbons (Fsp3) is 0.292. The molecule has 168 valence electrons. The largest absolute Gasteiger partial charge is 0.486 e. The molecular formula is C24H27ClN4O2S. The summed E-state index contributed by atoms with van der Waals surface area (Å²) < 4.78 is 7.75. The molecule has 3 aromatic rings. The van der Waals surface area contributed by atoms with Crippen molar-refractivity contribution in [1.29, 1.82) is 0 Å². The summed E-state index contributed by atoms with van der Waals surface area (Å²) in [5.41, 5.74) is 2.95. The molecule has 8 heteroatoms. The first kappa shape index (κ1) is 23.9. The monoisotopic (exact) mass is 470 g/mol. The summed E-state index contributed by atoms with van der Waals surface area (Å²) in [5, 5.41) is 12.7. The van der Waals surface area contributed by atoms with Crippen LogP contribution in [-0.4, -0.2) is 26.4 Å². The van der Waals surface area contributed by atoms with Crippen LogP contribution in [0.4, 0.5) is 5.69 Å². The number of amides is 1. The number of carbonyl (C=O) groups excluding carboxylic acids is 1. The van der Waals surface area contributed by atoms with Gasteiger partial charge in [0.25, 0.3) is 0 Å². The number of anilines is 1. The Labute approximate surface area is 198 Å². The zero-order valence-electron chi connectivity index (χ0n) is 18.5. The van der Waals surface area contributed by atoms with E-state index in [2.05, 4.69) is 35.9 Å². The smallest absolute Gasteiger partial charge is 0.234 e. The minimum Gasteiger partial charge on any atom is -0.486 e. The van der Waals surface area contributed by atoms with Crippen LogP contribution in [0.25, 0.3) is 0 Å². The van der Waals surface area contributed by atoms with Crippen LogP contribution >= 0.6 is 23.4 Å². The summed E-state index contributed by atoms with van der Waals surface area (Å²) in [5.74, 6) is 1.93. The molecule has 3 rings (SSSR count). The fourth-order valence-electron chi connectivity index (χ4n) is 2.98. The van der Waals surface area contributed by atoms with Crippen molar-refractivity contribution in [2.45, 2.75) is 45.0 Å². The Bertz CT molecular complexity index is 1080. The van der Waals surface area contributed by atoms with Crippen molar-refractivity contribution in [1.82, 2.24) is 14.8 Å². The molecule has 0 atom stereocenters. The Balaban J connectivity index is 1.59. The van der Waals surface area contributed by atoms with Gasteiger partial charge in [-0.2, -0.15) is 0 Å². The lowest BCUT2D eigenvalue weighted by atomic mass is 10.0. The Morgan fingerprint density at radius 1 is 1.25 bits per heavy atom. The van der Waals surface area contributed by atoms with Gasteiger partial charge in [-0.3, -0.25) is 9.36 Å². The summed E-state index contributed by atoms with van der Waals surface area (Å²) in [6, 6.07) is 13.4. The fourth-order valence-corrected chi connectivity index (χ4v) is 3.86. The van der Waals surface area contributed by atoms with Gasteiger partial charge in [0.2, 0.25) is 5.91 Å². The van der Waals surface area contributed by atoms with Crippen LogP contribution in [0.2, 0.25) is 5.02 Å². The van der Waals surface area contributed by atoms with E-state index in [1.54, 1.807) is 12.1 Å². The molecule has 0 aliphatic carbocycles. The van der Waals surface area contributed by atoms with Crippen molar-refractivity contribution >= 4 is 35.0 Å². The van der Waals surface area contributed by atoms with Crippen LogP contribution in [0, 0.1) is 6.92 Å². The predicted molar refractivity (Wildman–Crippen MR) is 131 cm³/mol. The highest BCUT2D eigenvalue weighted by atomic mass is 35.5. The van der Waals surface area contributed by atoms with Gasteiger partial charge in [0.15, 0.2) is 11.0 Å². The van der Waals surface area contributed by atoms with Crippen LogP contribution < -0.4 is 10.1 Å². The van der Waals surface area contributed by atoms with E-state index < -0.39 is 0 Å². The van der Waals surface area contributed by atoms with Crippen molar-refractivity contribution in [3.8, 4) is 5.75 Å². The van der Waals surface area contributed by atoms with Gasteiger partial charge in [0.1, 0.15) is 12.4 Å². The molecule has 0 bridgehead atoms. The molecule has 2 aromatic carbocycles. The number of aromatic nitrogens is 3. The SMILES string of the molecule is C=CCn1c(COc2ccc(Cl)c(C)c2)nnc1SCC(=O)Nc1ccc(C(C)C)cc1. The van der Waals surface area contributed by atoms with Gasteiger partial charge in [-0.25, -0.2) is 0 Å². The van der Waals surface area contributed by atoms with Crippen molar-refractivity contribution in [2.75, 3.05) is 11.1 Å². The topological polar surface area (TPSA) is 69.0 Å². The van der Waals surface area contributed by atoms with Crippen LogP contribution in [0.15, 0.2) is 60.3 Å². The number of hydrogen-bond acceptors (Lipinski definition) is 5. The van der Waals surface area contributed by atoms with Gasteiger partial charge < -0.3 is 10.1 Å². The second-order valence-corrected chi connectivity index (χ2v) is 8.96. The summed E-state index contributed by atoms with van der Waals surface area (Å²) in [4.78, 5) is 12.4. The number of carbonyl (C=O) groups is 1. The molecule has 0 aliphatic rings. The molecule has 1 heterocycles. The summed E-state index contributed by atoms with van der Waals surface area (Å²) in [7, 11) is 0. The molecule has 0 radical (unpaired) electrons. The minimum atomic E-state index is -0.102. The lowest BCUT2D eigenvalue weighted by Gasteiger charge is -2.10. The first-order chi connectivity index (χ1) is 15.4. The predicted octanol–water partition coefficient (Wildman–Crippen LogP) is 5.86. The number of benzene rings is 2. The maximum Gasteiger partial charge on any atom is 0.234 e. The van der Waals surface area contributed by atoms with Crippen molar-refractivity contribution in [2.24, 2.45) is 0 Å². The standard InChI is InChI=1S/C24H27ClN4O2S/c1-5-12-29-22(14-31-20-10-11-21(25)17(4)13-20)27-28-24(29)32-15-23(30)26-19-8-6-18(7-9-19)16(2)3/h5-11,13,16H,1,12,14-15H2,2-4H3,(H,26,30). The number of ether oxygens (including phenoxy) is 1. The molecule has 0 spiro atoms. The van der Waals surface area contributed by atoms with E-state index in [4.69, 9.17) is 16.3 Å². The Morgan fingerprint density at radius 3 is 2.66 bits per heavy atom. The van der Waals surface area contributed by atoms with Gasteiger partial charge >= 0.3 is 0 Å². The Hall–Kier alpha value is -2.77. The number of allylic oxidation sites excluding steroid dienone is 1. The quantitative estimate of drug-likeness (QED) is 0.297. The van der Waals surface area contributed by atoms with Gasteiger partial charge in [0.05, 0.1) is 5.75 Å². The molecule has 1 aromatic heterocycles. The third-order valence-electron chi connectivity index (χ3n) is 4.80. The molecule has 1 N–H and O–H groups in total. The summed E-state index contributed by atoms with van der Waals surface area (Å²) >= 11 is 7.40. The summed E-state index contributed by atoms with van der Waals surface area (Å²) in [6.07, 6.45) is 1.76. The van der Waals surface area contributed by atoms with E-state index in [0.29, 0.717) is 34.2 Å². The number of aryl methyl sites for hydroxylation is 1. The third kappa shape index (κ3) is 6.37. The van der Waals surface area contributed by atoms with Crippen molar-refractivity contribution < 1.29 is 9.53 Å². The highest BCUT2D eigenvalue weighted by molar-refractivity contribution is 7.99. The highest BCUT2D eigenvalue weighted by Crippen LogP contribution is 2.23. The molecule has 0 saturated heterocycles. The van der Waals surface area contributed by atoms with Gasteiger partial charge in [-0.15, -0.1) is 16.8 Å².